The summed E-state index contributed by atoms with van der Waals surface area (Å²) in [6.07, 6.45) is 2.02. The molecule has 1 aliphatic heterocycles. The van der Waals surface area contributed by atoms with E-state index in [2.05, 4.69) is 25.4 Å². The molecule has 2 atom stereocenters. The van der Waals surface area contributed by atoms with E-state index in [4.69, 9.17) is 14.2 Å². The Morgan fingerprint density at radius 1 is 1.10 bits per heavy atom. The first-order valence-corrected chi connectivity index (χ1v) is 13.2. The third kappa shape index (κ3) is 5.81. The SMILES string of the molecule is COc1ccc(CN(C[C@H]2CCCO2)[C@H](c2cc3cc(OC)ccc3[nH]c2=O)c2nnnn2C(C)(C)C)cc1. The van der Waals surface area contributed by atoms with Gasteiger partial charge in [0.05, 0.1) is 25.9 Å². The number of aromatic amines is 1. The number of hydrogen-bond donors (Lipinski definition) is 1. The maximum atomic E-state index is 13.7. The van der Waals surface area contributed by atoms with E-state index in [1.165, 1.54) is 0 Å². The molecule has 4 aromatic rings. The molecule has 3 heterocycles. The minimum Gasteiger partial charge on any atom is -0.497 e. The Morgan fingerprint density at radius 3 is 2.51 bits per heavy atom. The largest absolute Gasteiger partial charge is 0.497 e. The molecular formula is C29H36N6O4. The lowest BCUT2D eigenvalue weighted by atomic mass is 10.00. The van der Waals surface area contributed by atoms with Gasteiger partial charge < -0.3 is 19.2 Å². The highest BCUT2D eigenvalue weighted by Crippen LogP contribution is 2.32. The monoisotopic (exact) mass is 532 g/mol. The van der Waals surface area contributed by atoms with Crippen LogP contribution in [0.25, 0.3) is 10.9 Å². The fourth-order valence-corrected chi connectivity index (χ4v) is 5.15. The first kappa shape index (κ1) is 26.8. The second kappa shape index (κ2) is 11.2. The molecule has 206 valence electrons. The van der Waals surface area contributed by atoms with Crippen molar-refractivity contribution in [3.8, 4) is 11.5 Å². The van der Waals surface area contributed by atoms with E-state index in [1.54, 1.807) is 14.2 Å². The van der Waals surface area contributed by atoms with E-state index >= 15 is 0 Å². The molecule has 0 aliphatic carbocycles. The normalized spacial score (nSPS) is 16.6. The van der Waals surface area contributed by atoms with Crippen molar-refractivity contribution in [2.45, 2.75) is 57.8 Å². The van der Waals surface area contributed by atoms with Gasteiger partial charge in [-0.2, -0.15) is 0 Å². The molecule has 0 saturated carbocycles. The summed E-state index contributed by atoms with van der Waals surface area (Å²) in [7, 11) is 3.29. The highest BCUT2D eigenvalue weighted by molar-refractivity contribution is 5.80. The molecule has 2 aromatic heterocycles. The summed E-state index contributed by atoms with van der Waals surface area (Å²) in [4.78, 5) is 19.1. The molecule has 0 spiro atoms. The first-order chi connectivity index (χ1) is 18.8. The summed E-state index contributed by atoms with van der Waals surface area (Å²) < 4.78 is 18.7. The van der Waals surface area contributed by atoms with Crippen LogP contribution in [0.4, 0.5) is 0 Å². The fraction of sp³-hybridized carbons (Fsp3) is 0.448. The molecule has 39 heavy (non-hydrogen) atoms. The molecule has 0 bridgehead atoms. The van der Waals surface area contributed by atoms with Gasteiger partial charge in [-0.15, -0.1) is 5.10 Å². The quantitative estimate of drug-likeness (QED) is 0.344. The zero-order valence-electron chi connectivity index (χ0n) is 23.2. The number of ether oxygens (including phenoxy) is 3. The lowest BCUT2D eigenvalue weighted by Gasteiger charge is -2.34. The van der Waals surface area contributed by atoms with Crippen LogP contribution in [0.1, 0.15) is 56.6 Å². The van der Waals surface area contributed by atoms with E-state index in [0.29, 0.717) is 30.2 Å². The number of hydrogen-bond acceptors (Lipinski definition) is 8. The van der Waals surface area contributed by atoms with Crippen LogP contribution >= 0.6 is 0 Å². The Balaban J connectivity index is 1.68. The van der Waals surface area contributed by atoms with Crippen LogP contribution in [0.5, 0.6) is 11.5 Å². The molecule has 1 aliphatic rings. The van der Waals surface area contributed by atoms with Gasteiger partial charge in [0.25, 0.3) is 5.56 Å². The molecule has 10 nitrogen and oxygen atoms in total. The van der Waals surface area contributed by atoms with Gasteiger partial charge >= 0.3 is 0 Å². The van der Waals surface area contributed by atoms with Crippen LogP contribution in [-0.4, -0.2) is 63.6 Å². The molecule has 10 heteroatoms. The van der Waals surface area contributed by atoms with Crippen LogP contribution in [0.2, 0.25) is 0 Å². The van der Waals surface area contributed by atoms with Gasteiger partial charge in [-0.1, -0.05) is 12.1 Å². The maximum absolute atomic E-state index is 13.7. The fourth-order valence-electron chi connectivity index (χ4n) is 5.15. The number of pyridine rings is 1. The number of methoxy groups -OCH3 is 2. The van der Waals surface area contributed by atoms with E-state index in [1.807, 2.05) is 74.0 Å². The van der Waals surface area contributed by atoms with Crippen molar-refractivity contribution in [1.82, 2.24) is 30.1 Å². The first-order valence-electron chi connectivity index (χ1n) is 13.2. The van der Waals surface area contributed by atoms with Crippen molar-refractivity contribution in [2.24, 2.45) is 0 Å². The van der Waals surface area contributed by atoms with E-state index in [0.717, 1.165) is 41.7 Å². The topological polar surface area (TPSA) is 107 Å². The summed E-state index contributed by atoms with van der Waals surface area (Å²) >= 11 is 0. The lowest BCUT2D eigenvalue weighted by molar-refractivity contribution is 0.0564. The number of rotatable bonds is 9. The molecule has 2 aromatic carbocycles. The van der Waals surface area contributed by atoms with Crippen molar-refractivity contribution in [3.05, 3.63) is 75.8 Å². The predicted molar refractivity (Wildman–Crippen MR) is 148 cm³/mol. The molecule has 1 N–H and O–H groups in total. The van der Waals surface area contributed by atoms with Gasteiger partial charge in [0.2, 0.25) is 0 Å². The van der Waals surface area contributed by atoms with Crippen molar-refractivity contribution < 1.29 is 14.2 Å². The van der Waals surface area contributed by atoms with Gasteiger partial charge in [0.15, 0.2) is 5.82 Å². The number of aromatic nitrogens is 5. The zero-order chi connectivity index (χ0) is 27.6. The van der Waals surface area contributed by atoms with Gasteiger partial charge in [0.1, 0.15) is 17.5 Å². The highest BCUT2D eigenvalue weighted by atomic mass is 16.5. The van der Waals surface area contributed by atoms with Crippen molar-refractivity contribution in [3.63, 3.8) is 0 Å². The Labute approximate surface area is 227 Å². The number of benzene rings is 2. The van der Waals surface area contributed by atoms with Crippen molar-refractivity contribution >= 4 is 10.9 Å². The third-order valence-electron chi connectivity index (χ3n) is 7.12. The average molecular weight is 533 g/mol. The number of nitrogens with one attached hydrogen (secondary N) is 1. The second-order valence-electron chi connectivity index (χ2n) is 10.9. The van der Waals surface area contributed by atoms with Crippen LogP contribution < -0.4 is 15.0 Å². The van der Waals surface area contributed by atoms with Gasteiger partial charge in [-0.3, -0.25) is 9.69 Å². The van der Waals surface area contributed by atoms with Gasteiger partial charge in [0, 0.05) is 36.2 Å². The standard InChI is InChI=1S/C29H36N6O4/c1-29(2,3)35-27(31-32-33-35)26(24-16-20-15-22(38-5)12-13-25(20)30-28(24)36)34(18-23-7-6-14-39-23)17-19-8-10-21(37-4)11-9-19/h8-13,15-16,23,26H,6-7,14,17-18H2,1-5H3,(H,30,36)/t23-,26-/m1/s1. The Bertz CT molecular complexity index is 1470. The smallest absolute Gasteiger partial charge is 0.253 e. The summed E-state index contributed by atoms with van der Waals surface area (Å²) in [5, 5.41) is 13.8. The van der Waals surface area contributed by atoms with Crippen LogP contribution in [-0.2, 0) is 16.8 Å². The van der Waals surface area contributed by atoms with E-state index in [-0.39, 0.29) is 11.7 Å². The highest BCUT2D eigenvalue weighted by Gasteiger charge is 2.35. The summed E-state index contributed by atoms with van der Waals surface area (Å²) in [6, 6.07) is 15.0. The molecule has 0 unspecified atom stereocenters. The number of fused-ring (bicyclic) bond motifs is 1. The molecule has 0 radical (unpaired) electrons. The lowest BCUT2D eigenvalue weighted by Crippen LogP contribution is -2.40. The van der Waals surface area contributed by atoms with Gasteiger partial charge in [-0.25, -0.2) is 4.68 Å². The Kier molecular flexibility index (Phi) is 7.67. The van der Waals surface area contributed by atoms with E-state index in [9.17, 15) is 4.79 Å². The Morgan fingerprint density at radius 2 is 1.85 bits per heavy atom. The molecule has 1 fully saturated rings. The maximum Gasteiger partial charge on any atom is 0.253 e. The zero-order valence-corrected chi connectivity index (χ0v) is 23.2. The minimum absolute atomic E-state index is 0.0457. The summed E-state index contributed by atoms with van der Waals surface area (Å²) in [5.41, 5.74) is 1.78. The third-order valence-corrected chi connectivity index (χ3v) is 7.12. The second-order valence-corrected chi connectivity index (χ2v) is 10.9. The van der Waals surface area contributed by atoms with Gasteiger partial charge in [-0.05, 0) is 86.0 Å². The number of nitrogens with zero attached hydrogens (tertiary/aromatic N) is 5. The van der Waals surface area contributed by atoms with Crippen LogP contribution in [0.3, 0.4) is 0 Å². The predicted octanol–water partition coefficient (Wildman–Crippen LogP) is 4.06. The average Bonchev–Trinajstić information content (AvgIpc) is 3.62. The molecule has 1 saturated heterocycles. The number of H-pyrrole nitrogens is 1. The van der Waals surface area contributed by atoms with Crippen molar-refractivity contribution in [2.75, 3.05) is 27.4 Å². The van der Waals surface area contributed by atoms with Crippen molar-refractivity contribution in [1.29, 1.82) is 0 Å². The minimum atomic E-state index is -0.537. The molecule has 5 rings (SSSR count). The molecule has 0 amide bonds. The summed E-state index contributed by atoms with van der Waals surface area (Å²) in [5.74, 6) is 2.10. The molecular weight excluding hydrogens is 496 g/mol. The van der Waals surface area contributed by atoms with Crippen LogP contribution in [0, 0.1) is 0 Å². The van der Waals surface area contributed by atoms with E-state index < -0.39 is 11.6 Å². The number of tetrazole rings is 1. The Hall–Kier alpha value is -3.76. The van der Waals surface area contributed by atoms with Crippen LogP contribution in [0.15, 0.2) is 53.3 Å². The summed E-state index contributed by atoms with van der Waals surface area (Å²) in [6.45, 7) is 8.06.